The SMILES string of the molecule is COC1CN(CC2COCC2N)C1. The van der Waals surface area contributed by atoms with Gasteiger partial charge in [-0.15, -0.1) is 0 Å². The third kappa shape index (κ3) is 2.02. The lowest BCUT2D eigenvalue weighted by Gasteiger charge is -2.39. The molecule has 0 aromatic heterocycles. The van der Waals surface area contributed by atoms with Crippen molar-refractivity contribution in [1.29, 1.82) is 0 Å². The molecule has 2 fully saturated rings. The molecule has 0 radical (unpaired) electrons. The van der Waals surface area contributed by atoms with Gasteiger partial charge in [0.25, 0.3) is 0 Å². The molecule has 13 heavy (non-hydrogen) atoms. The second kappa shape index (κ2) is 3.92. The van der Waals surface area contributed by atoms with Gasteiger partial charge in [-0.05, 0) is 0 Å². The van der Waals surface area contributed by atoms with Crippen LogP contribution >= 0.6 is 0 Å². The van der Waals surface area contributed by atoms with E-state index >= 15 is 0 Å². The monoisotopic (exact) mass is 186 g/mol. The number of likely N-dealkylation sites (tertiary alicyclic amines) is 1. The van der Waals surface area contributed by atoms with E-state index in [2.05, 4.69) is 4.90 Å². The molecule has 2 rings (SSSR count). The fraction of sp³-hybridized carbons (Fsp3) is 1.00. The lowest BCUT2D eigenvalue weighted by molar-refractivity contribution is -0.0366. The van der Waals surface area contributed by atoms with Crippen LogP contribution in [0.4, 0.5) is 0 Å². The highest BCUT2D eigenvalue weighted by atomic mass is 16.5. The summed E-state index contributed by atoms with van der Waals surface area (Å²) in [6.07, 6.45) is 0.443. The molecule has 0 aromatic rings. The Morgan fingerprint density at radius 3 is 2.77 bits per heavy atom. The number of nitrogens with two attached hydrogens (primary N) is 1. The van der Waals surface area contributed by atoms with Crippen molar-refractivity contribution in [2.75, 3.05) is 40.0 Å². The van der Waals surface area contributed by atoms with Crippen LogP contribution in [-0.2, 0) is 9.47 Å². The van der Waals surface area contributed by atoms with Gasteiger partial charge in [-0.1, -0.05) is 0 Å². The highest BCUT2D eigenvalue weighted by Crippen LogP contribution is 2.18. The molecule has 2 N–H and O–H groups in total. The van der Waals surface area contributed by atoms with Crippen molar-refractivity contribution in [3.05, 3.63) is 0 Å². The summed E-state index contributed by atoms with van der Waals surface area (Å²) in [6.45, 7) is 4.74. The van der Waals surface area contributed by atoms with Crippen molar-refractivity contribution in [3.8, 4) is 0 Å². The Hall–Kier alpha value is -0.160. The van der Waals surface area contributed by atoms with Crippen molar-refractivity contribution >= 4 is 0 Å². The summed E-state index contributed by atoms with van der Waals surface area (Å²) in [4.78, 5) is 2.38. The third-order valence-electron chi connectivity index (χ3n) is 3.00. The number of hydrogen-bond donors (Lipinski definition) is 1. The summed E-state index contributed by atoms with van der Waals surface area (Å²) in [7, 11) is 1.77. The van der Waals surface area contributed by atoms with E-state index < -0.39 is 0 Å². The molecule has 4 nitrogen and oxygen atoms in total. The van der Waals surface area contributed by atoms with Crippen LogP contribution < -0.4 is 5.73 Å². The predicted octanol–water partition coefficient (Wildman–Crippen LogP) is -0.709. The maximum absolute atomic E-state index is 5.89. The molecule has 0 bridgehead atoms. The van der Waals surface area contributed by atoms with E-state index in [1.165, 1.54) is 0 Å². The summed E-state index contributed by atoms with van der Waals surface area (Å²) in [6, 6.07) is 0.238. The van der Waals surface area contributed by atoms with Gasteiger partial charge in [0.2, 0.25) is 0 Å². The first-order valence-corrected chi connectivity index (χ1v) is 4.88. The predicted molar refractivity (Wildman–Crippen MR) is 49.5 cm³/mol. The molecule has 2 heterocycles. The van der Waals surface area contributed by atoms with Gasteiger partial charge in [-0.3, -0.25) is 4.90 Å². The Balaban J connectivity index is 1.68. The summed E-state index contributed by atoms with van der Waals surface area (Å²) >= 11 is 0. The summed E-state index contributed by atoms with van der Waals surface area (Å²) in [5, 5.41) is 0. The van der Waals surface area contributed by atoms with Gasteiger partial charge in [0, 0.05) is 38.7 Å². The molecule has 2 aliphatic rings. The standard InChI is InChI=1S/C9H18N2O2/c1-12-8-3-11(4-8)2-7-5-13-6-9(7)10/h7-9H,2-6,10H2,1H3. The largest absolute Gasteiger partial charge is 0.379 e. The third-order valence-corrected chi connectivity index (χ3v) is 3.00. The van der Waals surface area contributed by atoms with E-state index in [4.69, 9.17) is 15.2 Å². The quantitative estimate of drug-likeness (QED) is 0.632. The lowest BCUT2D eigenvalue weighted by atomic mass is 10.0. The molecule has 0 amide bonds. The van der Waals surface area contributed by atoms with Crippen molar-refractivity contribution < 1.29 is 9.47 Å². The van der Waals surface area contributed by atoms with Gasteiger partial charge in [-0.25, -0.2) is 0 Å². The number of hydrogen-bond acceptors (Lipinski definition) is 4. The zero-order valence-electron chi connectivity index (χ0n) is 8.11. The van der Waals surface area contributed by atoms with Crippen LogP contribution in [-0.4, -0.2) is 57.0 Å². The molecule has 0 saturated carbocycles. The molecule has 76 valence electrons. The van der Waals surface area contributed by atoms with Gasteiger partial charge in [0.05, 0.1) is 19.3 Å². The number of nitrogens with zero attached hydrogens (tertiary/aromatic N) is 1. The minimum Gasteiger partial charge on any atom is -0.379 e. The second-order valence-electron chi connectivity index (χ2n) is 4.04. The number of methoxy groups -OCH3 is 1. The molecule has 0 aromatic carbocycles. The van der Waals surface area contributed by atoms with Gasteiger partial charge >= 0.3 is 0 Å². The van der Waals surface area contributed by atoms with Gasteiger partial charge in [0.1, 0.15) is 0 Å². The minimum atomic E-state index is 0.238. The van der Waals surface area contributed by atoms with E-state index in [0.29, 0.717) is 12.0 Å². The van der Waals surface area contributed by atoms with E-state index in [-0.39, 0.29) is 6.04 Å². The zero-order chi connectivity index (χ0) is 9.26. The van der Waals surface area contributed by atoms with Gasteiger partial charge in [-0.2, -0.15) is 0 Å². The Morgan fingerprint density at radius 1 is 1.46 bits per heavy atom. The van der Waals surface area contributed by atoms with Crippen LogP contribution in [0.1, 0.15) is 0 Å². The Labute approximate surface area is 79.0 Å². The molecular weight excluding hydrogens is 168 g/mol. The molecule has 4 heteroatoms. The first-order valence-electron chi connectivity index (χ1n) is 4.88. The number of rotatable bonds is 3. The first-order chi connectivity index (χ1) is 6.29. The first kappa shape index (κ1) is 9.40. The van der Waals surface area contributed by atoms with Crippen LogP contribution in [0.5, 0.6) is 0 Å². The van der Waals surface area contributed by atoms with Crippen LogP contribution in [0.15, 0.2) is 0 Å². The van der Waals surface area contributed by atoms with E-state index in [1.54, 1.807) is 7.11 Å². The molecule has 0 aliphatic carbocycles. The summed E-state index contributed by atoms with van der Waals surface area (Å²) in [5.74, 6) is 0.526. The smallest absolute Gasteiger partial charge is 0.0824 e. The Morgan fingerprint density at radius 2 is 2.23 bits per heavy atom. The van der Waals surface area contributed by atoms with Crippen molar-refractivity contribution in [1.82, 2.24) is 4.90 Å². The molecule has 2 saturated heterocycles. The maximum Gasteiger partial charge on any atom is 0.0824 e. The maximum atomic E-state index is 5.89. The summed E-state index contributed by atoms with van der Waals surface area (Å²) < 4.78 is 10.5. The van der Waals surface area contributed by atoms with Crippen LogP contribution in [0, 0.1) is 5.92 Å². The van der Waals surface area contributed by atoms with Crippen molar-refractivity contribution in [2.45, 2.75) is 12.1 Å². The Bertz CT molecular complexity index is 171. The average Bonchev–Trinajstić information content (AvgIpc) is 2.43. The highest BCUT2D eigenvalue weighted by molar-refractivity contribution is 4.86. The molecule has 2 unspecified atom stereocenters. The Kier molecular flexibility index (Phi) is 2.83. The van der Waals surface area contributed by atoms with Crippen LogP contribution in [0.3, 0.4) is 0 Å². The molecule has 2 aliphatic heterocycles. The van der Waals surface area contributed by atoms with E-state index in [1.807, 2.05) is 0 Å². The lowest BCUT2D eigenvalue weighted by Crippen LogP contribution is -2.54. The van der Waals surface area contributed by atoms with E-state index in [0.717, 1.165) is 32.8 Å². The van der Waals surface area contributed by atoms with Crippen LogP contribution in [0.2, 0.25) is 0 Å². The second-order valence-corrected chi connectivity index (χ2v) is 4.04. The van der Waals surface area contributed by atoms with Gasteiger partial charge in [0.15, 0.2) is 0 Å². The fourth-order valence-electron chi connectivity index (χ4n) is 1.96. The molecular formula is C9H18N2O2. The molecule has 2 atom stereocenters. The minimum absolute atomic E-state index is 0.238. The normalized spacial score (nSPS) is 36.5. The fourth-order valence-corrected chi connectivity index (χ4v) is 1.96. The van der Waals surface area contributed by atoms with Crippen LogP contribution in [0.25, 0.3) is 0 Å². The zero-order valence-corrected chi connectivity index (χ0v) is 8.11. The van der Waals surface area contributed by atoms with Crippen molar-refractivity contribution in [3.63, 3.8) is 0 Å². The summed E-state index contributed by atoms with van der Waals surface area (Å²) in [5.41, 5.74) is 5.89. The van der Waals surface area contributed by atoms with Crippen molar-refractivity contribution in [2.24, 2.45) is 11.7 Å². The highest BCUT2D eigenvalue weighted by Gasteiger charge is 2.32. The molecule has 0 spiro atoms. The van der Waals surface area contributed by atoms with E-state index in [9.17, 15) is 0 Å². The van der Waals surface area contributed by atoms with Gasteiger partial charge < -0.3 is 15.2 Å². The number of ether oxygens (including phenoxy) is 2. The topological polar surface area (TPSA) is 47.7 Å². The average molecular weight is 186 g/mol.